The van der Waals surface area contributed by atoms with Gasteiger partial charge < -0.3 is 9.47 Å². The highest BCUT2D eigenvalue weighted by Crippen LogP contribution is 2.35. The second-order valence-electron chi connectivity index (χ2n) is 5.75. The number of imidazole rings is 1. The highest BCUT2D eigenvalue weighted by molar-refractivity contribution is 7.73. The molecule has 0 radical (unpaired) electrons. The lowest BCUT2D eigenvalue weighted by Crippen LogP contribution is -1.97. The summed E-state index contributed by atoms with van der Waals surface area (Å²) in [6.07, 6.45) is 3.41. The van der Waals surface area contributed by atoms with E-state index >= 15 is 0 Å². The molecule has 2 aromatic carbocycles. The summed E-state index contributed by atoms with van der Waals surface area (Å²) in [6, 6.07) is 10.7. The first-order chi connectivity index (χ1) is 13.1. The number of benzene rings is 2. The molecular formula is C18H16N4O4S. The quantitative estimate of drug-likeness (QED) is 0.514. The Bertz CT molecular complexity index is 1210. The highest BCUT2D eigenvalue weighted by Gasteiger charge is 2.14. The van der Waals surface area contributed by atoms with Crippen LogP contribution in [0.5, 0.6) is 11.5 Å². The van der Waals surface area contributed by atoms with Crippen molar-refractivity contribution in [1.29, 1.82) is 0 Å². The van der Waals surface area contributed by atoms with Crippen LogP contribution in [0.15, 0.2) is 48.9 Å². The maximum Gasteiger partial charge on any atom is 0.222 e. The molecule has 0 saturated carbocycles. The number of aromatic nitrogens is 3. The molecule has 1 N–H and O–H groups in total. The van der Waals surface area contributed by atoms with Crippen LogP contribution in [0.3, 0.4) is 0 Å². The van der Waals surface area contributed by atoms with Crippen LogP contribution in [-0.4, -0.2) is 37.2 Å². The summed E-state index contributed by atoms with van der Waals surface area (Å²) in [7, 11) is 0.469. The van der Waals surface area contributed by atoms with E-state index in [1.165, 1.54) is 0 Å². The number of nitrogens with one attached hydrogen (secondary N) is 1. The molecule has 0 amide bonds. The van der Waals surface area contributed by atoms with Gasteiger partial charge in [-0.05, 0) is 30.3 Å². The summed E-state index contributed by atoms with van der Waals surface area (Å²) in [5.41, 5.74) is 3.70. The van der Waals surface area contributed by atoms with Crippen LogP contribution >= 0.6 is 0 Å². The zero-order chi connectivity index (χ0) is 19.0. The number of fused-ring (bicyclic) bond motifs is 3. The number of anilines is 1. The molecule has 0 unspecified atom stereocenters. The molecule has 2 heterocycles. The molecular weight excluding hydrogens is 368 g/mol. The largest absolute Gasteiger partial charge is 0.493 e. The Morgan fingerprint density at radius 3 is 2.33 bits per heavy atom. The average Bonchev–Trinajstić information content (AvgIpc) is 3.11. The number of hydrogen-bond acceptors (Lipinski definition) is 6. The molecule has 2 aromatic heterocycles. The fourth-order valence-electron chi connectivity index (χ4n) is 3.02. The topological polar surface area (TPSA) is 95.3 Å². The van der Waals surface area contributed by atoms with Crippen LogP contribution < -0.4 is 14.2 Å². The van der Waals surface area contributed by atoms with Gasteiger partial charge in [0.25, 0.3) is 0 Å². The van der Waals surface area contributed by atoms with Crippen molar-refractivity contribution in [2.75, 3.05) is 18.9 Å². The van der Waals surface area contributed by atoms with Gasteiger partial charge in [0.2, 0.25) is 10.9 Å². The smallest absolute Gasteiger partial charge is 0.222 e. The van der Waals surface area contributed by atoms with Gasteiger partial charge in [0.05, 0.1) is 31.4 Å². The lowest BCUT2D eigenvalue weighted by Gasteiger charge is -2.11. The first kappa shape index (κ1) is 17.1. The van der Waals surface area contributed by atoms with Crippen molar-refractivity contribution in [3.8, 4) is 17.2 Å². The van der Waals surface area contributed by atoms with Crippen LogP contribution in [0.25, 0.3) is 27.6 Å². The van der Waals surface area contributed by atoms with E-state index in [1.54, 1.807) is 38.9 Å². The SMILES string of the molecule is COc1cc2ncc3ncn(-c4ccc(N[SH](=O)=O)cc4)c3c2cc1OC. The summed E-state index contributed by atoms with van der Waals surface area (Å²) >= 11 is 0. The standard InChI is InChI=1S/C18H16N4O4S/c1-25-16-7-13-14(8-17(16)26-2)19-9-15-18(13)22(10-20-15)12-5-3-11(4-6-12)21-27(23)24/h3-10,27H,1-2H3,(H,21,23,24). The number of pyridine rings is 1. The molecule has 0 aliphatic heterocycles. The summed E-state index contributed by atoms with van der Waals surface area (Å²) in [5, 5.41) is 0.868. The number of ether oxygens (including phenoxy) is 2. The van der Waals surface area contributed by atoms with E-state index in [0.29, 0.717) is 17.2 Å². The third-order valence-electron chi connectivity index (χ3n) is 4.24. The number of thiol groups is 1. The minimum Gasteiger partial charge on any atom is -0.493 e. The first-order valence-corrected chi connectivity index (χ1v) is 9.17. The second kappa shape index (κ2) is 6.76. The molecule has 4 rings (SSSR count). The fourth-order valence-corrected chi connectivity index (χ4v) is 3.38. The average molecular weight is 384 g/mol. The molecule has 27 heavy (non-hydrogen) atoms. The van der Waals surface area contributed by atoms with Crippen LogP contribution in [0.4, 0.5) is 5.69 Å². The van der Waals surface area contributed by atoms with Gasteiger partial charge in [-0.1, -0.05) is 0 Å². The van der Waals surface area contributed by atoms with Crippen molar-refractivity contribution >= 4 is 38.5 Å². The molecule has 0 aliphatic carbocycles. The van der Waals surface area contributed by atoms with Crippen LogP contribution in [0, 0.1) is 0 Å². The summed E-state index contributed by atoms with van der Waals surface area (Å²) in [5.74, 6) is 1.20. The van der Waals surface area contributed by atoms with Crippen molar-refractivity contribution in [2.24, 2.45) is 0 Å². The predicted octanol–water partition coefficient (Wildman–Crippen LogP) is 2.53. The van der Waals surface area contributed by atoms with Gasteiger partial charge >= 0.3 is 0 Å². The third kappa shape index (κ3) is 3.02. The van der Waals surface area contributed by atoms with Crippen LogP contribution in [0.1, 0.15) is 0 Å². The Hall–Kier alpha value is -3.33. The van der Waals surface area contributed by atoms with Gasteiger partial charge in [-0.3, -0.25) is 14.3 Å². The summed E-state index contributed by atoms with van der Waals surface area (Å²) in [6.45, 7) is 0. The van der Waals surface area contributed by atoms with E-state index in [2.05, 4.69) is 14.7 Å². The van der Waals surface area contributed by atoms with Crippen molar-refractivity contribution < 1.29 is 17.9 Å². The summed E-state index contributed by atoms with van der Waals surface area (Å²) < 4.78 is 36.7. The molecule has 9 heteroatoms. The van der Waals surface area contributed by atoms with Crippen LogP contribution in [0.2, 0.25) is 0 Å². The van der Waals surface area contributed by atoms with Gasteiger partial charge in [-0.15, -0.1) is 0 Å². The molecule has 138 valence electrons. The van der Waals surface area contributed by atoms with Crippen molar-refractivity contribution in [3.63, 3.8) is 0 Å². The maximum absolute atomic E-state index is 10.8. The van der Waals surface area contributed by atoms with Crippen molar-refractivity contribution in [3.05, 3.63) is 48.9 Å². The molecule has 0 fully saturated rings. The Kier molecular flexibility index (Phi) is 4.28. The van der Waals surface area contributed by atoms with Crippen molar-refractivity contribution in [2.45, 2.75) is 0 Å². The van der Waals surface area contributed by atoms with E-state index in [9.17, 15) is 8.42 Å². The van der Waals surface area contributed by atoms with Gasteiger partial charge in [0, 0.05) is 22.8 Å². The fraction of sp³-hybridized carbons (Fsp3) is 0.111. The van der Waals surface area contributed by atoms with Crippen LogP contribution in [-0.2, 0) is 10.9 Å². The molecule has 0 saturated heterocycles. The number of nitrogens with zero attached hydrogens (tertiary/aromatic N) is 3. The minimum absolute atomic E-state index is 0.497. The molecule has 0 bridgehead atoms. The van der Waals surface area contributed by atoms with E-state index < -0.39 is 10.9 Å². The minimum atomic E-state index is -2.70. The Morgan fingerprint density at radius 1 is 0.963 bits per heavy atom. The number of methoxy groups -OCH3 is 2. The van der Waals surface area contributed by atoms with Gasteiger partial charge in [0.1, 0.15) is 11.8 Å². The lowest BCUT2D eigenvalue weighted by molar-refractivity contribution is 0.356. The molecule has 8 nitrogen and oxygen atoms in total. The van der Waals surface area contributed by atoms with Gasteiger partial charge in [0.15, 0.2) is 11.5 Å². The first-order valence-electron chi connectivity index (χ1n) is 8.00. The molecule has 0 atom stereocenters. The Balaban J connectivity index is 1.92. The Morgan fingerprint density at radius 2 is 1.67 bits per heavy atom. The summed E-state index contributed by atoms with van der Waals surface area (Å²) in [4.78, 5) is 8.89. The second-order valence-corrected chi connectivity index (χ2v) is 6.48. The van der Waals surface area contributed by atoms with Gasteiger partial charge in [-0.25, -0.2) is 13.4 Å². The number of hydrogen-bond donors (Lipinski definition) is 2. The Labute approximate surface area is 156 Å². The van der Waals surface area contributed by atoms with Gasteiger partial charge in [-0.2, -0.15) is 0 Å². The molecule has 4 aromatic rings. The van der Waals surface area contributed by atoms with E-state index in [0.717, 1.165) is 27.6 Å². The molecule has 0 spiro atoms. The maximum atomic E-state index is 10.8. The normalized spacial score (nSPS) is 11.2. The van der Waals surface area contributed by atoms with Crippen molar-refractivity contribution in [1.82, 2.24) is 14.5 Å². The molecule has 0 aliphatic rings. The van der Waals surface area contributed by atoms with E-state index in [4.69, 9.17) is 9.47 Å². The van der Waals surface area contributed by atoms with E-state index in [-0.39, 0.29) is 0 Å². The zero-order valence-corrected chi connectivity index (χ0v) is 15.4. The predicted molar refractivity (Wildman–Crippen MR) is 103 cm³/mol. The zero-order valence-electron chi connectivity index (χ0n) is 14.5. The monoisotopic (exact) mass is 384 g/mol. The highest BCUT2D eigenvalue weighted by atomic mass is 32.2. The third-order valence-corrected chi connectivity index (χ3v) is 4.69. The number of rotatable bonds is 5. The van der Waals surface area contributed by atoms with E-state index in [1.807, 2.05) is 28.8 Å². The lowest BCUT2D eigenvalue weighted by atomic mass is 10.1.